The highest BCUT2D eigenvalue weighted by Crippen LogP contribution is 2.19. The second kappa shape index (κ2) is 5.69. The van der Waals surface area contributed by atoms with Gasteiger partial charge in [-0.1, -0.05) is 0 Å². The number of halogens is 3. The van der Waals surface area contributed by atoms with Gasteiger partial charge in [0.1, 0.15) is 6.61 Å². The van der Waals surface area contributed by atoms with Crippen LogP contribution in [0.5, 0.6) is 0 Å². The SMILES string of the molecule is CN(CCC(F)(F)F)C(=O)OCCO. The summed E-state index contributed by atoms with van der Waals surface area (Å²) in [6.07, 6.45) is -6.23. The van der Waals surface area contributed by atoms with Crippen molar-refractivity contribution in [2.24, 2.45) is 0 Å². The van der Waals surface area contributed by atoms with Crippen molar-refractivity contribution in [3.8, 4) is 0 Å². The maximum atomic E-state index is 11.7. The zero-order valence-corrected chi connectivity index (χ0v) is 7.67. The summed E-state index contributed by atoms with van der Waals surface area (Å²) >= 11 is 0. The second-order valence-corrected chi connectivity index (χ2v) is 2.62. The third kappa shape index (κ3) is 6.53. The summed E-state index contributed by atoms with van der Waals surface area (Å²) in [5.41, 5.74) is 0. The van der Waals surface area contributed by atoms with Crippen LogP contribution in [0.3, 0.4) is 0 Å². The van der Waals surface area contributed by atoms with Crippen molar-refractivity contribution in [1.82, 2.24) is 4.90 Å². The Hall–Kier alpha value is -0.980. The van der Waals surface area contributed by atoms with Crippen molar-refractivity contribution in [3.05, 3.63) is 0 Å². The van der Waals surface area contributed by atoms with Crippen LogP contribution >= 0.6 is 0 Å². The van der Waals surface area contributed by atoms with Gasteiger partial charge >= 0.3 is 12.3 Å². The molecule has 0 radical (unpaired) electrons. The van der Waals surface area contributed by atoms with E-state index in [1.165, 1.54) is 7.05 Å². The monoisotopic (exact) mass is 215 g/mol. The number of aliphatic hydroxyl groups excluding tert-OH is 1. The Kier molecular flexibility index (Phi) is 5.29. The van der Waals surface area contributed by atoms with Gasteiger partial charge in [0.15, 0.2) is 0 Å². The van der Waals surface area contributed by atoms with E-state index in [1.807, 2.05) is 0 Å². The minimum Gasteiger partial charge on any atom is -0.447 e. The average molecular weight is 215 g/mol. The van der Waals surface area contributed by atoms with E-state index in [1.54, 1.807) is 0 Å². The zero-order chi connectivity index (χ0) is 11.2. The van der Waals surface area contributed by atoms with Crippen LogP contribution < -0.4 is 0 Å². The fraction of sp³-hybridized carbons (Fsp3) is 0.857. The lowest BCUT2D eigenvalue weighted by Gasteiger charge is -2.17. The first-order valence-corrected chi connectivity index (χ1v) is 3.92. The molecule has 0 heterocycles. The van der Waals surface area contributed by atoms with Gasteiger partial charge in [-0.3, -0.25) is 0 Å². The molecule has 1 amide bonds. The maximum Gasteiger partial charge on any atom is 0.409 e. The Morgan fingerprint density at radius 1 is 1.50 bits per heavy atom. The Bertz CT molecular complexity index is 184. The molecule has 0 fully saturated rings. The molecule has 0 aliphatic carbocycles. The van der Waals surface area contributed by atoms with Gasteiger partial charge in [0, 0.05) is 13.6 Å². The Labute approximate surface area is 79.3 Å². The molecule has 0 saturated carbocycles. The molecule has 0 aromatic carbocycles. The maximum absolute atomic E-state index is 11.7. The molecule has 4 nitrogen and oxygen atoms in total. The Morgan fingerprint density at radius 3 is 2.50 bits per heavy atom. The number of aliphatic hydroxyl groups is 1. The quantitative estimate of drug-likeness (QED) is 0.761. The lowest BCUT2D eigenvalue weighted by Crippen LogP contribution is -2.31. The molecule has 0 aliphatic rings. The standard InChI is InChI=1S/C7H12F3NO3/c1-11(3-2-7(8,9)10)6(13)14-5-4-12/h12H,2-5H2,1H3. The van der Waals surface area contributed by atoms with Crippen molar-refractivity contribution >= 4 is 6.09 Å². The number of carbonyl (C=O) groups is 1. The van der Waals surface area contributed by atoms with E-state index in [-0.39, 0.29) is 13.2 Å². The number of rotatable bonds is 4. The van der Waals surface area contributed by atoms with Crippen molar-refractivity contribution in [2.45, 2.75) is 12.6 Å². The summed E-state index contributed by atoms with van der Waals surface area (Å²) in [6.45, 7) is -1.01. The predicted molar refractivity (Wildman–Crippen MR) is 41.7 cm³/mol. The molecule has 84 valence electrons. The van der Waals surface area contributed by atoms with Gasteiger partial charge < -0.3 is 14.7 Å². The van der Waals surface area contributed by atoms with Crippen LogP contribution in [0.4, 0.5) is 18.0 Å². The highest BCUT2D eigenvalue weighted by Gasteiger charge is 2.28. The van der Waals surface area contributed by atoms with Gasteiger partial charge in [-0.25, -0.2) is 4.79 Å². The smallest absolute Gasteiger partial charge is 0.409 e. The lowest BCUT2D eigenvalue weighted by atomic mass is 10.4. The highest BCUT2D eigenvalue weighted by molar-refractivity contribution is 5.67. The number of ether oxygens (including phenoxy) is 1. The molecule has 0 atom stereocenters. The first-order valence-electron chi connectivity index (χ1n) is 3.92. The van der Waals surface area contributed by atoms with Crippen LogP contribution in [0.25, 0.3) is 0 Å². The molecule has 0 aromatic heterocycles. The molecular formula is C7H12F3NO3. The molecule has 0 bridgehead atoms. The summed E-state index contributed by atoms with van der Waals surface area (Å²) in [4.78, 5) is 11.7. The van der Waals surface area contributed by atoms with E-state index in [2.05, 4.69) is 4.74 Å². The van der Waals surface area contributed by atoms with Crippen LogP contribution in [0.2, 0.25) is 0 Å². The first kappa shape index (κ1) is 13.0. The van der Waals surface area contributed by atoms with E-state index in [4.69, 9.17) is 5.11 Å². The number of amides is 1. The lowest BCUT2D eigenvalue weighted by molar-refractivity contribution is -0.136. The fourth-order valence-electron chi connectivity index (χ4n) is 0.629. The normalized spacial score (nSPS) is 11.2. The summed E-state index contributed by atoms with van der Waals surface area (Å²) in [5.74, 6) is 0. The number of alkyl halides is 3. The minimum atomic E-state index is -4.29. The first-order chi connectivity index (χ1) is 6.37. The van der Waals surface area contributed by atoms with Crippen molar-refractivity contribution in [2.75, 3.05) is 26.8 Å². The van der Waals surface area contributed by atoms with Gasteiger partial charge in [-0.05, 0) is 0 Å². The zero-order valence-electron chi connectivity index (χ0n) is 7.67. The van der Waals surface area contributed by atoms with Crippen molar-refractivity contribution in [1.29, 1.82) is 0 Å². The van der Waals surface area contributed by atoms with Crippen LogP contribution in [-0.2, 0) is 4.74 Å². The van der Waals surface area contributed by atoms with Gasteiger partial charge in [0.05, 0.1) is 13.0 Å². The second-order valence-electron chi connectivity index (χ2n) is 2.62. The predicted octanol–water partition coefficient (Wildman–Crippen LogP) is 0.999. The Balaban J connectivity index is 3.73. The molecule has 0 aromatic rings. The van der Waals surface area contributed by atoms with Crippen LogP contribution in [0.1, 0.15) is 6.42 Å². The minimum absolute atomic E-state index is 0.213. The Morgan fingerprint density at radius 2 is 2.07 bits per heavy atom. The average Bonchev–Trinajstić information content (AvgIpc) is 2.09. The van der Waals surface area contributed by atoms with Gasteiger partial charge in [-0.15, -0.1) is 0 Å². The van der Waals surface area contributed by atoms with E-state index < -0.39 is 25.2 Å². The van der Waals surface area contributed by atoms with E-state index in [0.717, 1.165) is 4.90 Å². The third-order valence-electron chi connectivity index (χ3n) is 1.36. The third-order valence-corrected chi connectivity index (χ3v) is 1.36. The molecule has 0 unspecified atom stereocenters. The summed E-state index contributed by atoms with van der Waals surface area (Å²) in [7, 11) is 1.20. The van der Waals surface area contributed by atoms with Gasteiger partial charge in [-0.2, -0.15) is 13.2 Å². The fourth-order valence-corrected chi connectivity index (χ4v) is 0.629. The van der Waals surface area contributed by atoms with Crippen LogP contribution in [0.15, 0.2) is 0 Å². The summed E-state index contributed by atoms with van der Waals surface area (Å²) in [6, 6.07) is 0. The molecule has 14 heavy (non-hydrogen) atoms. The number of carbonyl (C=O) groups excluding carboxylic acids is 1. The summed E-state index contributed by atoms with van der Waals surface area (Å²) in [5, 5.41) is 8.28. The molecule has 0 saturated heterocycles. The van der Waals surface area contributed by atoms with Gasteiger partial charge in [0.25, 0.3) is 0 Å². The topological polar surface area (TPSA) is 49.8 Å². The van der Waals surface area contributed by atoms with Crippen molar-refractivity contribution in [3.63, 3.8) is 0 Å². The number of hydrogen-bond donors (Lipinski definition) is 1. The molecule has 7 heteroatoms. The van der Waals surface area contributed by atoms with Crippen LogP contribution in [0, 0.1) is 0 Å². The molecule has 0 rings (SSSR count). The molecule has 0 spiro atoms. The molecule has 1 N–H and O–H groups in total. The largest absolute Gasteiger partial charge is 0.447 e. The van der Waals surface area contributed by atoms with E-state index in [9.17, 15) is 18.0 Å². The van der Waals surface area contributed by atoms with E-state index >= 15 is 0 Å². The van der Waals surface area contributed by atoms with Crippen LogP contribution in [-0.4, -0.2) is 49.1 Å². The highest BCUT2D eigenvalue weighted by atomic mass is 19.4. The van der Waals surface area contributed by atoms with Gasteiger partial charge in [0.2, 0.25) is 0 Å². The molecule has 0 aliphatic heterocycles. The molecular weight excluding hydrogens is 203 g/mol. The summed E-state index contributed by atoms with van der Waals surface area (Å²) < 4.78 is 39.5. The van der Waals surface area contributed by atoms with Crippen molar-refractivity contribution < 1.29 is 27.8 Å². The number of hydrogen-bond acceptors (Lipinski definition) is 3. The van der Waals surface area contributed by atoms with E-state index in [0.29, 0.717) is 0 Å². The number of nitrogens with zero attached hydrogens (tertiary/aromatic N) is 1.